The molecule has 1 aromatic heterocycles. The molecule has 0 bridgehead atoms. The molecule has 0 amide bonds. The standard InChI is InChI=1S/C17H21FN2OS/c1-11-20-15-5-3-4-14(16(15)22-11)19-10-17(2,21)12-6-8-13(18)9-7-12/h6-9,14,19,21H,3-5,10H2,1-2H3. The highest BCUT2D eigenvalue weighted by Crippen LogP contribution is 2.34. The van der Waals surface area contributed by atoms with Crippen molar-refractivity contribution in [1.29, 1.82) is 0 Å². The van der Waals surface area contributed by atoms with Crippen molar-refractivity contribution in [2.24, 2.45) is 0 Å². The lowest BCUT2D eigenvalue weighted by atomic mass is 9.93. The highest BCUT2D eigenvalue weighted by atomic mass is 32.1. The monoisotopic (exact) mass is 320 g/mol. The maximum atomic E-state index is 13.0. The first-order valence-corrected chi connectivity index (χ1v) is 8.45. The minimum atomic E-state index is -1.02. The molecule has 0 saturated carbocycles. The third-order valence-electron chi connectivity index (χ3n) is 4.22. The van der Waals surface area contributed by atoms with E-state index >= 15 is 0 Å². The Bertz CT molecular complexity index is 651. The van der Waals surface area contributed by atoms with E-state index in [1.807, 2.05) is 6.92 Å². The van der Waals surface area contributed by atoms with Gasteiger partial charge in [0, 0.05) is 17.5 Å². The lowest BCUT2D eigenvalue weighted by Crippen LogP contribution is -2.38. The van der Waals surface area contributed by atoms with Crippen LogP contribution in [0.1, 0.15) is 46.9 Å². The van der Waals surface area contributed by atoms with Crippen molar-refractivity contribution in [3.8, 4) is 0 Å². The Hall–Kier alpha value is -1.30. The van der Waals surface area contributed by atoms with E-state index < -0.39 is 5.60 Å². The average Bonchev–Trinajstić information content (AvgIpc) is 2.86. The van der Waals surface area contributed by atoms with Crippen LogP contribution in [-0.2, 0) is 12.0 Å². The molecule has 2 unspecified atom stereocenters. The van der Waals surface area contributed by atoms with Crippen LogP contribution in [-0.4, -0.2) is 16.6 Å². The number of nitrogens with one attached hydrogen (secondary N) is 1. The van der Waals surface area contributed by atoms with Crippen molar-refractivity contribution < 1.29 is 9.50 Å². The van der Waals surface area contributed by atoms with Crippen molar-refractivity contribution in [3.05, 3.63) is 51.2 Å². The second-order valence-electron chi connectivity index (χ2n) is 6.15. The molecule has 1 aliphatic carbocycles. The van der Waals surface area contributed by atoms with Gasteiger partial charge in [0.15, 0.2) is 0 Å². The molecule has 1 heterocycles. The number of hydrogen-bond acceptors (Lipinski definition) is 4. The van der Waals surface area contributed by atoms with E-state index in [1.54, 1.807) is 30.4 Å². The number of aliphatic hydroxyl groups is 1. The Kier molecular flexibility index (Phi) is 4.30. The Morgan fingerprint density at radius 1 is 1.41 bits per heavy atom. The van der Waals surface area contributed by atoms with Crippen LogP contribution in [0.4, 0.5) is 4.39 Å². The number of aromatic nitrogens is 1. The van der Waals surface area contributed by atoms with E-state index in [2.05, 4.69) is 10.3 Å². The van der Waals surface area contributed by atoms with E-state index in [1.165, 1.54) is 22.7 Å². The van der Waals surface area contributed by atoms with Crippen LogP contribution >= 0.6 is 11.3 Å². The number of aryl methyl sites for hydroxylation is 2. The lowest BCUT2D eigenvalue weighted by molar-refractivity contribution is 0.0531. The van der Waals surface area contributed by atoms with Crippen molar-refractivity contribution >= 4 is 11.3 Å². The fraction of sp³-hybridized carbons (Fsp3) is 0.471. The molecule has 0 spiro atoms. The van der Waals surface area contributed by atoms with E-state index in [0.29, 0.717) is 6.54 Å². The molecule has 0 radical (unpaired) electrons. The van der Waals surface area contributed by atoms with Crippen LogP contribution in [0.15, 0.2) is 24.3 Å². The first-order valence-electron chi connectivity index (χ1n) is 7.64. The molecule has 0 fully saturated rings. The summed E-state index contributed by atoms with van der Waals surface area (Å²) in [5.41, 5.74) is 0.899. The number of nitrogens with zero attached hydrogens (tertiary/aromatic N) is 1. The van der Waals surface area contributed by atoms with E-state index in [9.17, 15) is 9.50 Å². The number of benzene rings is 1. The van der Waals surface area contributed by atoms with Crippen molar-refractivity contribution in [2.75, 3.05) is 6.54 Å². The fourth-order valence-corrected chi connectivity index (χ4v) is 4.05. The quantitative estimate of drug-likeness (QED) is 0.907. The molecular formula is C17H21FN2OS. The van der Waals surface area contributed by atoms with Gasteiger partial charge in [0.2, 0.25) is 0 Å². The van der Waals surface area contributed by atoms with Crippen LogP contribution in [0.2, 0.25) is 0 Å². The van der Waals surface area contributed by atoms with Crippen LogP contribution in [0.5, 0.6) is 0 Å². The molecule has 0 aliphatic heterocycles. The van der Waals surface area contributed by atoms with Crippen LogP contribution < -0.4 is 5.32 Å². The maximum Gasteiger partial charge on any atom is 0.123 e. The smallest absolute Gasteiger partial charge is 0.123 e. The first-order chi connectivity index (χ1) is 10.5. The van der Waals surface area contributed by atoms with Gasteiger partial charge < -0.3 is 10.4 Å². The Morgan fingerprint density at radius 3 is 2.86 bits per heavy atom. The van der Waals surface area contributed by atoms with Gasteiger partial charge in [0.1, 0.15) is 5.82 Å². The van der Waals surface area contributed by atoms with Gasteiger partial charge in [0.05, 0.1) is 16.3 Å². The lowest BCUT2D eigenvalue weighted by Gasteiger charge is -2.29. The van der Waals surface area contributed by atoms with Gasteiger partial charge in [-0.25, -0.2) is 9.37 Å². The zero-order chi connectivity index (χ0) is 15.7. The molecule has 2 aromatic rings. The summed E-state index contributed by atoms with van der Waals surface area (Å²) < 4.78 is 13.0. The summed E-state index contributed by atoms with van der Waals surface area (Å²) in [6.07, 6.45) is 3.23. The molecule has 5 heteroatoms. The molecule has 22 heavy (non-hydrogen) atoms. The van der Waals surface area contributed by atoms with Gasteiger partial charge >= 0.3 is 0 Å². The summed E-state index contributed by atoms with van der Waals surface area (Å²) in [6.45, 7) is 4.23. The number of thiazole rings is 1. The second-order valence-corrected chi connectivity index (χ2v) is 7.39. The fourth-order valence-electron chi connectivity index (χ4n) is 2.97. The zero-order valence-corrected chi connectivity index (χ0v) is 13.7. The summed E-state index contributed by atoms with van der Waals surface area (Å²) in [4.78, 5) is 5.89. The Balaban J connectivity index is 1.71. The van der Waals surface area contributed by atoms with Crippen molar-refractivity contribution in [2.45, 2.75) is 44.8 Å². The van der Waals surface area contributed by atoms with Crippen LogP contribution in [0.25, 0.3) is 0 Å². The van der Waals surface area contributed by atoms with Crippen molar-refractivity contribution in [1.82, 2.24) is 10.3 Å². The number of rotatable bonds is 4. The number of halogens is 1. The second kappa shape index (κ2) is 6.07. The predicted octanol–water partition coefficient (Wildman–Crippen LogP) is 3.47. The minimum Gasteiger partial charge on any atom is -0.384 e. The molecule has 2 N–H and O–H groups in total. The molecule has 3 nitrogen and oxygen atoms in total. The van der Waals surface area contributed by atoms with E-state index in [4.69, 9.17) is 0 Å². The van der Waals surface area contributed by atoms with Crippen LogP contribution in [0, 0.1) is 12.7 Å². The third-order valence-corrected chi connectivity index (χ3v) is 5.34. The minimum absolute atomic E-state index is 0.252. The summed E-state index contributed by atoms with van der Waals surface area (Å²) in [5, 5.41) is 15.2. The summed E-state index contributed by atoms with van der Waals surface area (Å²) in [6, 6.07) is 6.30. The van der Waals surface area contributed by atoms with Gasteiger partial charge in [0.25, 0.3) is 0 Å². The van der Waals surface area contributed by atoms with Gasteiger partial charge in [-0.2, -0.15) is 0 Å². The molecule has 2 atom stereocenters. The molecule has 1 aliphatic rings. The average molecular weight is 320 g/mol. The van der Waals surface area contributed by atoms with Gasteiger partial charge in [-0.1, -0.05) is 12.1 Å². The predicted molar refractivity (Wildman–Crippen MR) is 86.5 cm³/mol. The summed E-state index contributed by atoms with van der Waals surface area (Å²) in [5.74, 6) is -0.287. The Morgan fingerprint density at radius 2 is 2.14 bits per heavy atom. The molecule has 3 rings (SSSR count). The van der Waals surface area contributed by atoms with Crippen LogP contribution in [0.3, 0.4) is 0 Å². The molecule has 118 valence electrons. The molecular weight excluding hydrogens is 299 g/mol. The first kappa shape index (κ1) is 15.6. The molecule has 0 saturated heterocycles. The van der Waals surface area contributed by atoms with Gasteiger partial charge in [-0.3, -0.25) is 0 Å². The highest BCUT2D eigenvalue weighted by Gasteiger charge is 2.28. The zero-order valence-electron chi connectivity index (χ0n) is 12.9. The highest BCUT2D eigenvalue weighted by molar-refractivity contribution is 7.11. The SMILES string of the molecule is Cc1nc2c(s1)C(NCC(C)(O)c1ccc(F)cc1)CCC2. The summed E-state index contributed by atoms with van der Waals surface area (Å²) in [7, 11) is 0. The van der Waals surface area contributed by atoms with E-state index in [-0.39, 0.29) is 11.9 Å². The topological polar surface area (TPSA) is 45.2 Å². The molecule has 1 aromatic carbocycles. The van der Waals surface area contributed by atoms with Crippen molar-refractivity contribution in [3.63, 3.8) is 0 Å². The number of fused-ring (bicyclic) bond motifs is 1. The van der Waals surface area contributed by atoms with Gasteiger partial charge in [-0.05, 0) is 50.8 Å². The van der Waals surface area contributed by atoms with Gasteiger partial charge in [-0.15, -0.1) is 11.3 Å². The summed E-state index contributed by atoms with van der Waals surface area (Å²) >= 11 is 1.74. The largest absolute Gasteiger partial charge is 0.384 e. The Labute approximate surface area is 134 Å². The normalized spacial score (nSPS) is 20.5. The number of hydrogen-bond donors (Lipinski definition) is 2. The third kappa shape index (κ3) is 3.21. The van der Waals surface area contributed by atoms with E-state index in [0.717, 1.165) is 29.8 Å². The maximum absolute atomic E-state index is 13.0.